The molecule has 27 heavy (non-hydrogen) atoms. The minimum atomic E-state index is -1.38. The number of aliphatic hydroxyl groups is 1. The van der Waals surface area contributed by atoms with Crippen LogP contribution in [0, 0.1) is 5.92 Å². The second-order valence-corrected chi connectivity index (χ2v) is 8.27. The summed E-state index contributed by atoms with van der Waals surface area (Å²) in [6.45, 7) is 6.93. The Balaban J connectivity index is 2.16. The van der Waals surface area contributed by atoms with Gasteiger partial charge in [0.15, 0.2) is 0 Å². The van der Waals surface area contributed by atoms with Crippen molar-refractivity contribution in [2.45, 2.75) is 51.2 Å². The summed E-state index contributed by atoms with van der Waals surface area (Å²) in [4.78, 5) is 25.5. The molecule has 1 aromatic heterocycles. The molecule has 0 bridgehead atoms. The summed E-state index contributed by atoms with van der Waals surface area (Å²) in [7, 11) is 1.57. The number of aromatic nitrogens is 2. The zero-order chi connectivity index (χ0) is 20.0. The van der Waals surface area contributed by atoms with Crippen molar-refractivity contribution in [2.75, 3.05) is 7.11 Å². The van der Waals surface area contributed by atoms with Crippen LogP contribution in [0.4, 0.5) is 0 Å². The van der Waals surface area contributed by atoms with E-state index in [4.69, 9.17) is 9.47 Å². The molecule has 1 aliphatic rings. The van der Waals surface area contributed by atoms with E-state index in [0.29, 0.717) is 17.0 Å². The molecule has 0 saturated heterocycles. The van der Waals surface area contributed by atoms with Gasteiger partial charge in [-0.2, -0.15) is 0 Å². The van der Waals surface area contributed by atoms with Gasteiger partial charge in [0.2, 0.25) is 0 Å². The van der Waals surface area contributed by atoms with Crippen LogP contribution >= 0.6 is 0 Å². The zero-order valence-electron chi connectivity index (χ0n) is 16.3. The van der Waals surface area contributed by atoms with Crippen LogP contribution < -0.4 is 10.3 Å². The monoisotopic (exact) mass is 374 g/mol. The molecule has 0 aliphatic heterocycles. The van der Waals surface area contributed by atoms with Gasteiger partial charge in [-0.1, -0.05) is 12.1 Å². The number of nitrogens with one attached hydrogen (secondary N) is 2. The van der Waals surface area contributed by atoms with Crippen molar-refractivity contribution in [3.8, 4) is 5.75 Å². The van der Waals surface area contributed by atoms with E-state index in [-0.39, 0.29) is 12.0 Å². The lowest BCUT2D eigenvalue weighted by Gasteiger charge is -2.41. The molecule has 0 unspecified atom stereocenters. The van der Waals surface area contributed by atoms with E-state index in [9.17, 15) is 14.7 Å². The Morgan fingerprint density at radius 3 is 2.41 bits per heavy atom. The fourth-order valence-electron chi connectivity index (χ4n) is 3.79. The Hall–Kier alpha value is -2.54. The Labute approximate surface area is 157 Å². The predicted molar refractivity (Wildman–Crippen MR) is 99.9 cm³/mol. The maximum absolute atomic E-state index is 13.0. The maximum Gasteiger partial charge on any atom is 0.313 e. The molecule has 3 atom stereocenters. The normalized spacial score (nSPS) is 25.0. The number of H-pyrrole nitrogens is 2. The molecule has 3 N–H and O–H groups in total. The molecule has 7 heteroatoms. The van der Waals surface area contributed by atoms with Gasteiger partial charge in [-0.25, -0.2) is 0 Å². The number of hydrogen-bond acceptors (Lipinski definition) is 5. The fourth-order valence-corrected chi connectivity index (χ4v) is 3.79. The fraction of sp³-hybridized carbons (Fsp3) is 0.500. The van der Waals surface area contributed by atoms with Gasteiger partial charge in [0, 0.05) is 23.6 Å². The first kappa shape index (κ1) is 19.2. The van der Waals surface area contributed by atoms with Gasteiger partial charge < -0.3 is 19.7 Å². The SMILES string of the molecule is COc1ccc([C@@H]2c3c([nH][nH]c3=O)C[C@](C)(O)[C@H]2C(=O)OC(C)(C)C)cc1. The molecule has 0 spiro atoms. The second-order valence-electron chi connectivity index (χ2n) is 8.27. The average Bonchev–Trinajstić information content (AvgIpc) is 2.91. The van der Waals surface area contributed by atoms with Crippen LogP contribution in [0.15, 0.2) is 29.1 Å². The van der Waals surface area contributed by atoms with Crippen molar-refractivity contribution in [3.63, 3.8) is 0 Å². The number of carbonyl (C=O) groups is 1. The average molecular weight is 374 g/mol. The molecule has 1 aliphatic carbocycles. The predicted octanol–water partition coefficient (Wildman–Crippen LogP) is 2.11. The van der Waals surface area contributed by atoms with E-state index in [1.165, 1.54) is 0 Å². The zero-order valence-corrected chi connectivity index (χ0v) is 16.3. The largest absolute Gasteiger partial charge is 0.497 e. The van der Waals surface area contributed by atoms with Crippen LogP contribution in [0.3, 0.4) is 0 Å². The number of fused-ring (bicyclic) bond motifs is 1. The number of carbonyl (C=O) groups excluding carboxylic acids is 1. The number of rotatable bonds is 3. The van der Waals surface area contributed by atoms with E-state index >= 15 is 0 Å². The van der Waals surface area contributed by atoms with Crippen molar-refractivity contribution in [1.29, 1.82) is 0 Å². The highest BCUT2D eigenvalue weighted by Gasteiger charge is 2.51. The summed E-state index contributed by atoms with van der Waals surface area (Å²) in [5.74, 6) is -1.42. The first-order valence-corrected chi connectivity index (χ1v) is 8.92. The topological polar surface area (TPSA) is 104 Å². The van der Waals surface area contributed by atoms with Crippen LogP contribution in [0.2, 0.25) is 0 Å². The Morgan fingerprint density at radius 2 is 1.85 bits per heavy atom. The van der Waals surface area contributed by atoms with Crippen molar-refractivity contribution >= 4 is 5.97 Å². The number of benzene rings is 1. The lowest BCUT2D eigenvalue weighted by atomic mass is 9.66. The number of aromatic amines is 2. The highest BCUT2D eigenvalue weighted by molar-refractivity contribution is 5.77. The van der Waals surface area contributed by atoms with E-state index in [1.54, 1.807) is 59.1 Å². The number of hydrogen-bond donors (Lipinski definition) is 3. The molecule has 1 aromatic carbocycles. The Kier molecular flexibility index (Phi) is 4.67. The van der Waals surface area contributed by atoms with Gasteiger partial charge >= 0.3 is 5.97 Å². The van der Waals surface area contributed by atoms with Crippen LogP contribution in [-0.4, -0.2) is 39.6 Å². The van der Waals surface area contributed by atoms with Crippen LogP contribution in [0.1, 0.15) is 50.4 Å². The number of esters is 1. The minimum absolute atomic E-state index is 0.150. The van der Waals surface area contributed by atoms with Gasteiger partial charge in [-0.3, -0.25) is 14.7 Å². The van der Waals surface area contributed by atoms with E-state index in [2.05, 4.69) is 10.2 Å². The van der Waals surface area contributed by atoms with Gasteiger partial charge in [0.05, 0.1) is 18.6 Å². The van der Waals surface area contributed by atoms with Crippen LogP contribution in [0.25, 0.3) is 0 Å². The van der Waals surface area contributed by atoms with E-state index in [0.717, 1.165) is 5.56 Å². The molecule has 0 radical (unpaired) electrons. The smallest absolute Gasteiger partial charge is 0.313 e. The van der Waals surface area contributed by atoms with Crippen molar-refractivity contribution < 1.29 is 19.4 Å². The Bertz CT molecular complexity index is 886. The summed E-state index contributed by atoms with van der Waals surface area (Å²) in [6, 6.07) is 7.15. The van der Waals surface area contributed by atoms with Crippen molar-refractivity contribution in [2.24, 2.45) is 5.92 Å². The molecule has 2 aromatic rings. The van der Waals surface area contributed by atoms with Gasteiger partial charge in [-0.05, 0) is 45.4 Å². The highest BCUT2D eigenvalue weighted by atomic mass is 16.6. The summed E-state index contributed by atoms with van der Waals surface area (Å²) >= 11 is 0. The molecule has 146 valence electrons. The Morgan fingerprint density at radius 1 is 1.22 bits per heavy atom. The minimum Gasteiger partial charge on any atom is -0.497 e. The van der Waals surface area contributed by atoms with Gasteiger partial charge in [-0.15, -0.1) is 0 Å². The molecular formula is C20H26N2O5. The van der Waals surface area contributed by atoms with Gasteiger partial charge in [0.1, 0.15) is 11.4 Å². The standard InChI is InChI=1S/C20H26N2O5/c1-19(2,3)27-18(24)16-14(11-6-8-12(26-5)9-7-11)15-13(10-20(16,4)25)21-22-17(15)23/h6-9,14,16,25H,10H2,1-5H3,(H2,21,22,23)/t14-,16-,20+/m1/s1. The summed E-state index contributed by atoms with van der Waals surface area (Å²) < 4.78 is 10.8. The van der Waals surface area contributed by atoms with Crippen molar-refractivity contribution in [3.05, 3.63) is 51.4 Å². The summed E-state index contributed by atoms with van der Waals surface area (Å²) in [5.41, 5.74) is -0.589. The molecule has 1 heterocycles. The number of methoxy groups -OCH3 is 1. The molecular weight excluding hydrogens is 348 g/mol. The third kappa shape index (κ3) is 3.64. The quantitative estimate of drug-likeness (QED) is 0.714. The third-order valence-electron chi connectivity index (χ3n) is 4.88. The number of ether oxygens (including phenoxy) is 2. The van der Waals surface area contributed by atoms with E-state index < -0.39 is 29.0 Å². The molecule has 0 fully saturated rings. The molecule has 7 nitrogen and oxygen atoms in total. The highest BCUT2D eigenvalue weighted by Crippen LogP contribution is 2.45. The molecule has 0 saturated carbocycles. The summed E-state index contributed by atoms with van der Waals surface area (Å²) in [5, 5.41) is 16.5. The lowest BCUT2D eigenvalue weighted by molar-refractivity contribution is -0.171. The van der Waals surface area contributed by atoms with E-state index in [1.807, 2.05) is 0 Å². The van der Waals surface area contributed by atoms with Crippen molar-refractivity contribution in [1.82, 2.24) is 10.2 Å². The third-order valence-corrected chi connectivity index (χ3v) is 4.88. The molecule has 0 amide bonds. The summed E-state index contributed by atoms with van der Waals surface area (Å²) in [6.07, 6.45) is 0.150. The molecule has 3 rings (SSSR count). The van der Waals surface area contributed by atoms with Crippen LogP contribution in [0.5, 0.6) is 5.75 Å². The first-order chi connectivity index (χ1) is 12.5. The first-order valence-electron chi connectivity index (χ1n) is 8.92. The second kappa shape index (κ2) is 6.56. The van der Waals surface area contributed by atoms with Gasteiger partial charge in [0.25, 0.3) is 5.56 Å². The van der Waals surface area contributed by atoms with Crippen LogP contribution in [-0.2, 0) is 16.0 Å². The maximum atomic E-state index is 13.0. The lowest BCUT2D eigenvalue weighted by Crippen LogP contribution is -2.51.